The molecule has 2 rings (SSSR count). The van der Waals surface area contributed by atoms with Crippen LogP contribution in [0.3, 0.4) is 0 Å². The molecular formula is C17H22O5. The molecule has 0 atom stereocenters. The van der Waals surface area contributed by atoms with Gasteiger partial charge in [-0.2, -0.15) is 0 Å². The molecule has 0 amide bonds. The van der Waals surface area contributed by atoms with Gasteiger partial charge in [0, 0.05) is 0 Å². The lowest BCUT2D eigenvalue weighted by molar-refractivity contribution is -0.150. The van der Waals surface area contributed by atoms with Crippen LogP contribution in [0.25, 0.3) is 0 Å². The quantitative estimate of drug-likeness (QED) is 0.817. The van der Waals surface area contributed by atoms with Crippen LogP contribution >= 0.6 is 0 Å². The maximum atomic E-state index is 11.2. The zero-order valence-corrected chi connectivity index (χ0v) is 13.0. The second kappa shape index (κ2) is 6.81. The highest BCUT2D eigenvalue weighted by molar-refractivity contribution is 5.83. The fourth-order valence-electron chi connectivity index (χ4n) is 2.85. The van der Waals surface area contributed by atoms with E-state index in [1.165, 1.54) is 7.11 Å². The van der Waals surface area contributed by atoms with Gasteiger partial charge in [0.2, 0.25) is 0 Å². The Kier molecular flexibility index (Phi) is 5.06. The summed E-state index contributed by atoms with van der Waals surface area (Å²) in [6.45, 7) is 2.29. The highest BCUT2D eigenvalue weighted by atomic mass is 16.5. The van der Waals surface area contributed by atoms with E-state index >= 15 is 0 Å². The summed E-state index contributed by atoms with van der Waals surface area (Å²) in [4.78, 5) is 22.4. The third kappa shape index (κ3) is 3.40. The first-order valence-corrected chi connectivity index (χ1v) is 7.48. The van der Waals surface area contributed by atoms with Crippen molar-refractivity contribution >= 4 is 12.3 Å². The van der Waals surface area contributed by atoms with Gasteiger partial charge in [-0.05, 0) is 50.7 Å². The number of carbonyl (C=O) groups is 2. The first kappa shape index (κ1) is 16.3. The van der Waals surface area contributed by atoms with E-state index in [9.17, 15) is 14.7 Å². The molecular weight excluding hydrogens is 284 g/mol. The molecule has 5 heteroatoms. The van der Waals surface area contributed by atoms with E-state index in [1.54, 1.807) is 25.1 Å². The van der Waals surface area contributed by atoms with Gasteiger partial charge in [0.25, 0.3) is 0 Å². The lowest BCUT2D eigenvalue weighted by atomic mass is 9.72. The van der Waals surface area contributed by atoms with Gasteiger partial charge in [-0.1, -0.05) is 6.07 Å². The van der Waals surface area contributed by atoms with Crippen molar-refractivity contribution in [3.05, 3.63) is 23.8 Å². The average Bonchev–Trinajstić information content (AvgIpc) is 2.53. The van der Waals surface area contributed by atoms with Crippen LogP contribution in [0.2, 0.25) is 0 Å². The monoisotopic (exact) mass is 306 g/mol. The van der Waals surface area contributed by atoms with Crippen molar-refractivity contribution in [3.63, 3.8) is 0 Å². The molecule has 0 spiro atoms. The summed E-state index contributed by atoms with van der Waals surface area (Å²) in [6.07, 6.45) is 3.70. The first-order chi connectivity index (χ1) is 10.5. The zero-order chi connectivity index (χ0) is 16.2. The number of carbonyl (C=O) groups excluding carboxylic acids is 1. The van der Waals surface area contributed by atoms with E-state index in [1.807, 2.05) is 0 Å². The minimum atomic E-state index is -0.720. The lowest BCUT2D eigenvalue weighted by Gasteiger charge is -2.33. The van der Waals surface area contributed by atoms with E-state index < -0.39 is 11.4 Å². The molecule has 1 saturated carbocycles. The van der Waals surface area contributed by atoms with Crippen molar-refractivity contribution in [2.45, 2.75) is 32.6 Å². The van der Waals surface area contributed by atoms with Crippen LogP contribution in [0.1, 0.15) is 43.0 Å². The number of hydrogen-bond donors (Lipinski definition) is 1. The van der Waals surface area contributed by atoms with Crippen molar-refractivity contribution in [3.8, 4) is 11.5 Å². The Labute approximate surface area is 130 Å². The van der Waals surface area contributed by atoms with Crippen molar-refractivity contribution in [1.29, 1.82) is 0 Å². The average molecular weight is 306 g/mol. The molecule has 5 nitrogen and oxygen atoms in total. The number of benzene rings is 1. The number of ether oxygens (including phenoxy) is 2. The summed E-state index contributed by atoms with van der Waals surface area (Å²) in [5, 5.41) is 9.23. The fourth-order valence-corrected chi connectivity index (χ4v) is 2.85. The van der Waals surface area contributed by atoms with Crippen LogP contribution in [0, 0.1) is 11.3 Å². The van der Waals surface area contributed by atoms with E-state index in [0.29, 0.717) is 42.4 Å². The van der Waals surface area contributed by atoms with Gasteiger partial charge < -0.3 is 14.6 Å². The molecule has 1 aliphatic rings. The number of methoxy groups -OCH3 is 1. The van der Waals surface area contributed by atoms with Gasteiger partial charge >= 0.3 is 5.97 Å². The van der Waals surface area contributed by atoms with Crippen LogP contribution in [-0.4, -0.2) is 31.1 Å². The zero-order valence-electron chi connectivity index (χ0n) is 13.0. The molecule has 0 heterocycles. The minimum Gasteiger partial charge on any atom is -0.496 e. The van der Waals surface area contributed by atoms with Crippen LogP contribution in [0.4, 0.5) is 0 Å². The Morgan fingerprint density at radius 3 is 2.55 bits per heavy atom. The van der Waals surface area contributed by atoms with Crippen molar-refractivity contribution in [2.75, 3.05) is 13.7 Å². The first-order valence-electron chi connectivity index (χ1n) is 7.48. The SMILES string of the molecule is COc1cccc(OCC2CCC(C)(C(=O)O)CC2)c1C=O. The summed E-state index contributed by atoms with van der Waals surface area (Å²) >= 11 is 0. The van der Waals surface area contributed by atoms with Crippen LogP contribution in [-0.2, 0) is 4.79 Å². The summed E-state index contributed by atoms with van der Waals surface area (Å²) in [5.41, 5.74) is -0.198. The second-order valence-corrected chi connectivity index (χ2v) is 6.11. The van der Waals surface area contributed by atoms with E-state index in [2.05, 4.69) is 0 Å². The Balaban J connectivity index is 1.95. The van der Waals surface area contributed by atoms with Gasteiger partial charge in [0.1, 0.15) is 11.5 Å². The number of aldehydes is 1. The van der Waals surface area contributed by atoms with Crippen molar-refractivity contribution in [1.82, 2.24) is 0 Å². The molecule has 0 bridgehead atoms. The number of hydrogen-bond acceptors (Lipinski definition) is 4. The number of carboxylic acids is 1. The predicted octanol–water partition coefficient (Wildman–Crippen LogP) is 3.17. The molecule has 0 radical (unpaired) electrons. The largest absolute Gasteiger partial charge is 0.496 e. The van der Waals surface area contributed by atoms with Crippen LogP contribution < -0.4 is 9.47 Å². The van der Waals surface area contributed by atoms with Gasteiger partial charge in [-0.3, -0.25) is 9.59 Å². The molecule has 1 aromatic carbocycles. The third-order valence-corrected chi connectivity index (χ3v) is 4.56. The Hall–Kier alpha value is -2.04. The Bertz CT molecular complexity index is 544. The van der Waals surface area contributed by atoms with Crippen LogP contribution in [0.15, 0.2) is 18.2 Å². The molecule has 0 aliphatic heterocycles. The van der Waals surface area contributed by atoms with Gasteiger partial charge in [-0.25, -0.2) is 0 Å². The minimum absolute atomic E-state index is 0.318. The maximum absolute atomic E-state index is 11.2. The second-order valence-electron chi connectivity index (χ2n) is 6.11. The fraction of sp³-hybridized carbons (Fsp3) is 0.529. The highest BCUT2D eigenvalue weighted by Crippen LogP contribution is 2.39. The number of carboxylic acid groups (broad SMARTS) is 1. The summed E-state index contributed by atoms with van der Waals surface area (Å²) < 4.78 is 10.9. The van der Waals surface area contributed by atoms with E-state index in [4.69, 9.17) is 9.47 Å². The molecule has 1 N–H and O–H groups in total. The maximum Gasteiger partial charge on any atom is 0.309 e. The number of rotatable bonds is 6. The molecule has 0 aromatic heterocycles. The summed E-state index contributed by atoms with van der Waals surface area (Å²) in [7, 11) is 1.51. The normalized spacial score (nSPS) is 24.5. The van der Waals surface area contributed by atoms with Crippen molar-refractivity contribution in [2.24, 2.45) is 11.3 Å². The van der Waals surface area contributed by atoms with Gasteiger partial charge in [-0.15, -0.1) is 0 Å². The van der Waals surface area contributed by atoms with Gasteiger partial charge in [0.05, 0.1) is 24.7 Å². The molecule has 22 heavy (non-hydrogen) atoms. The standard InChI is InChI=1S/C17H22O5/c1-17(16(19)20)8-6-12(7-9-17)11-22-15-5-3-4-14(21-2)13(15)10-18/h3-5,10,12H,6-9,11H2,1-2H3,(H,19,20). The molecule has 120 valence electrons. The molecule has 1 aromatic rings. The molecule has 0 unspecified atom stereocenters. The summed E-state index contributed by atoms with van der Waals surface area (Å²) in [6, 6.07) is 5.25. The van der Waals surface area contributed by atoms with E-state index in [-0.39, 0.29) is 0 Å². The van der Waals surface area contributed by atoms with Crippen LogP contribution in [0.5, 0.6) is 11.5 Å². The van der Waals surface area contributed by atoms with Crippen molar-refractivity contribution < 1.29 is 24.2 Å². The third-order valence-electron chi connectivity index (χ3n) is 4.56. The smallest absolute Gasteiger partial charge is 0.309 e. The lowest BCUT2D eigenvalue weighted by Crippen LogP contribution is -2.33. The predicted molar refractivity (Wildman–Crippen MR) is 81.6 cm³/mol. The molecule has 0 saturated heterocycles. The summed E-state index contributed by atoms with van der Waals surface area (Å²) in [5.74, 6) is 0.608. The Morgan fingerprint density at radius 1 is 1.36 bits per heavy atom. The number of aliphatic carboxylic acids is 1. The van der Waals surface area contributed by atoms with Gasteiger partial charge in [0.15, 0.2) is 6.29 Å². The van der Waals surface area contributed by atoms with E-state index in [0.717, 1.165) is 19.1 Å². The topological polar surface area (TPSA) is 72.8 Å². The Morgan fingerprint density at radius 2 is 2.00 bits per heavy atom. The molecule has 1 fully saturated rings. The molecule has 1 aliphatic carbocycles. The highest BCUT2D eigenvalue weighted by Gasteiger charge is 2.37.